The van der Waals surface area contributed by atoms with Crippen molar-refractivity contribution in [1.82, 2.24) is 0 Å². The number of rotatable bonds is 6. The van der Waals surface area contributed by atoms with Crippen molar-refractivity contribution in [3.8, 4) is 0 Å². The molecule has 190 valence electrons. The molecule has 6 heteroatoms. The first-order chi connectivity index (χ1) is 18.4. The summed E-state index contributed by atoms with van der Waals surface area (Å²) < 4.78 is 7.91. The fourth-order valence-corrected chi connectivity index (χ4v) is 5.83. The minimum absolute atomic E-state index is 0.0356. The first kappa shape index (κ1) is 24.5. The number of thiol groups is 1. The standard InChI is InChI=1S/C32H28N2O3S/c1-32(2)24-12-6-7-13-25(24)34(20-21-10-4-3-5-11-21)28(32)18-22-30(36)23(31(22)38)19-29-33(16-17-35)26-14-8-9-15-27(26)37-29/h3-15,18-19,35H,16-17,20H2,1-2H3/p+1. The van der Waals surface area contributed by atoms with Crippen molar-refractivity contribution < 1.29 is 18.9 Å². The number of nitrogens with zero attached hydrogens (tertiary/aromatic N) is 2. The number of hydrogen-bond acceptors (Lipinski definition) is 5. The van der Waals surface area contributed by atoms with Gasteiger partial charge in [0.15, 0.2) is 12.3 Å². The van der Waals surface area contributed by atoms with Gasteiger partial charge in [0.1, 0.15) is 6.61 Å². The Labute approximate surface area is 227 Å². The highest BCUT2D eigenvalue weighted by Crippen LogP contribution is 2.49. The summed E-state index contributed by atoms with van der Waals surface area (Å²) in [5, 5.41) is 9.60. The number of anilines is 1. The minimum Gasteiger partial charge on any atom is -0.398 e. The van der Waals surface area contributed by atoms with E-state index in [9.17, 15) is 9.90 Å². The normalized spacial score (nSPS) is 18.5. The van der Waals surface area contributed by atoms with Gasteiger partial charge in [0, 0.05) is 45.5 Å². The van der Waals surface area contributed by atoms with E-state index in [-0.39, 0.29) is 17.8 Å². The molecule has 1 aliphatic heterocycles. The lowest BCUT2D eigenvalue weighted by Crippen LogP contribution is -2.37. The number of para-hydroxylation sites is 3. The molecule has 0 saturated carbocycles. The Morgan fingerprint density at radius 1 is 0.974 bits per heavy atom. The lowest BCUT2D eigenvalue weighted by molar-refractivity contribution is -0.679. The summed E-state index contributed by atoms with van der Waals surface area (Å²) in [4.78, 5) is 16.4. The third kappa shape index (κ3) is 3.92. The van der Waals surface area contributed by atoms with Crippen molar-refractivity contribution in [2.45, 2.75) is 32.4 Å². The number of allylic oxidation sites excluding steroid dienone is 4. The van der Waals surface area contributed by atoms with Crippen LogP contribution in [0.5, 0.6) is 0 Å². The minimum atomic E-state index is -0.283. The van der Waals surface area contributed by atoms with E-state index in [4.69, 9.17) is 17.0 Å². The summed E-state index contributed by atoms with van der Waals surface area (Å²) in [7, 11) is 0. The van der Waals surface area contributed by atoms with Gasteiger partial charge in [-0.15, -0.1) is 12.6 Å². The van der Waals surface area contributed by atoms with Crippen LogP contribution in [0.1, 0.15) is 30.9 Å². The van der Waals surface area contributed by atoms with Crippen molar-refractivity contribution in [1.29, 1.82) is 0 Å². The van der Waals surface area contributed by atoms with Crippen LogP contribution in [-0.2, 0) is 23.3 Å². The average molecular weight is 522 g/mol. The lowest BCUT2D eigenvalue weighted by Gasteiger charge is -2.29. The quantitative estimate of drug-likeness (QED) is 0.193. The molecule has 4 aromatic rings. The number of benzene rings is 3. The number of oxazole rings is 1. The zero-order valence-corrected chi connectivity index (χ0v) is 22.3. The first-order valence-electron chi connectivity index (χ1n) is 12.8. The molecule has 38 heavy (non-hydrogen) atoms. The molecule has 2 heterocycles. The van der Waals surface area contributed by atoms with Crippen molar-refractivity contribution in [3.05, 3.63) is 124 Å². The topological polar surface area (TPSA) is 57.6 Å². The van der Waals surface area contributed by atoms with Crippen LogP contribution in [-0.4, -0.2) is 17.5 Å². The molecule has 1 aliphatic carbocycles. The molecule has 5 nitrogen and oxygen atoms in total. The highest BCUT2D eigenvalue weighted by Gasteiger charge is 2.42. The molecule has 0 spiro atoms. The molecule has 0 atom stereocenters. The number of carbonyl (C=O) groups excluding carboxylic acids is 1. The van der Waals surface area contributed by atoms with Gasteiger partial charge in [-0.05, 0) is 29.3 Å². The van der Waals surface area contributed by atoms with Crippen LogP contribution >= 0.6 is 12.6 Å². The van der Waals surface area contributed by atoms with Crippen molar-refractivity contribution >= 4 is 41.3 Å². The fourth-order valence-electron chi connectivity index (χ4n) is 5.50. The van der Waals surface area contributed by atoms with Gasteiger partial charge in [-0.1, -0.05) is 74.5 Å². The third-order valence-corrected chi connectivity index (χ3v) is 7.97. The molecular weight excluding hydrogens is 492 g/mol. The Bertz CT molecular complexity index is 1660. The Hall–Kier alpha value is -3.87. The third-order valence-electron chi connectivity index (χ3n) is 7.49. The maximum Gasteiger partial charge on any atom is 0.374 e. The van der Waals surface area contributed by atoms with Crippen LogP contribution in [0, 0.1) is 0 Å². The van der Waals surface area contributed by atoms with E-state index in [1.54, 1.807) is 6.08 Å². The highest BCUT2D eigenvalue weighted by molar-refractivity contribution is 7.85. The first-order valence-corrected chi connectivity index (χ1v) is 13.2. The molecule has 0 amide bonds. The van der Waals surface area contributed by atoms with Gasteiger partial charge in [0.25, 0.3) is 5.52 Å². The predicted molar refractivity (Wildman–Crippen MR) is 153 cm³/mol. The van der Waals surface area contributed by atoms with Crippen LogP contribution in [0.15, 0.2) is 111 Å². The highest BCUT2D eigenvalue weighted by atomic mass is 32.1. The number of ketones is 1. The summed E-state index contributed by atoms with van der Waals surface area (Å²) in [5.41, 5.74) is 7.05. The number of fused-ring (bicyclic) bond motifs is 2. The monoisotopic (exact) mass is 521 g/mol. The predicted octanol–water partition coefficient (Wildman–Crippen LogP) is 5.74. The van der Waals surface area contributed by atoms with E-state index < -0.39 is 0 Å². The second kappa shape index (κ2) is 9.46. The van der Waals surface area contributed by atoms with Crippen LogP contribution in [0.25, 0.3) is 17.2 Å². The van der Waals surface area contributed by atoms with E-state index in [0.717, 1.165) is 16.9 Å². The van der Waals surface area contributed by atoms with Crippen molar-refractivity contribution in [3.63, 3.8) is 0 Å². The molecule has 6 rings (SSSR count). The van der Waals surface area contributed by atoms with Crippen LogP contribution in [0.3, 0.4) is 0 Å². The molecule has 0 fully saturated rings. The molecule has 0 radical (unpaired) electrons. The molecule has 3 aromatic carbocycles. The van der Waals surface area contributed by atoms with Gasteiger partial charge >= 0.3 is 5.89 Å². The number of carbonyl (C=O) groups is 1. The number of hydrogen-bond donors (Lipinski definition) is 2. The number of aliphatic hydroxyl groups excluding tert-OH is 1. The summed E-state index contributed by atoms with van der Waals surface area (Å²) in [6, 6.07) is 26.4. The van der Waals surface area contributed by atoms with Crippen LogP contribution in [0.2, 0.25) is 0 Å². The Balaban J connectivity index is 1.42. The largest absolute Gasteiger partial charge is 0.398 e. The average Bonchev–Trinajstić information content (AvgIpc) is 3.38. The molecule has 0 unspecified atom stereocenters. The van der Waals surface area contributed by atoms with Crippen molar-refractivity contribution in [2.75, 3.05) is 11.5 Å². The van der Waals surface area contributed by atoms with Gasteiger partial charge in [-0.25, -0.2) is 0 Å². The summed E-state index contributed by atoms with van der Waals surface area (Å²) in [6.45, 7) is 5.44. The van der Waals surface area contributed by atoms with Gasteiger partial charge in [-0.2, -0.15) is 4.57 Å². The Morgan fingerprint density at radius 3 is 2.45 bits per heavy atom. The maximum absolute atomic E-state index is 13.5. The van der Waals surface area contributed by atoms with Crippen LogP contribution in [0.4, 0.5) is 5.69 Å². The lowest BCUT2D eigenvalue weighted by atomic mass is 9.81. The van der Waals surface area contributed by atoms with E-state index in [0.29, 0.717) is 40.6 Å². The SMILES string of the molecule is CC1(C)C(=CC2=C(S)C(=Cc3oc4ccccc4[n+]3CCO)C2=O)N(Cc2ccccc2)c2ccccc21. The Morgan fingerprint density at radius 2 is 1.68 bits per heavy atom. The van der Waals surface area contributed by atoms with E-state index in [2.05, 4.69) is 55.1 Å². The zero-order valence-electron chi connectivity index (χ0n) is 21.4. The van der Waals surface area contributed by atoms with Gasteiger partial charge in [0.2, 0.25) is 5.58 Å². The van der Waals surface area contributed by atoms with E-state index in [1.165, 1.54) is 11.1 Å². The van der Waals surface area contributed by atoms with E-state index in [1.807, 2.05) is 53.1 Å². The van der Waals surface area contributed by atoms with Gasteiger partial charge in [0.05, 0.1) is 6.08 Å². The fraction of sp³-hybridized carbons (Fsp3) is 0.188. The Kier molecular flexibility index (Phi) is 6.09. The molecule has 1 N–H and O–H groups in total. The second-order valence-corrected chi connectivity index (χ2v) is 10.6. The number of aromatic nitrogens is 1. The van der Waals surface area contributed by atoms with Gasteiger partial charge in [-0.3, -0.25) is 4.79 Å². The second-order valence-electron chi connectivity index (χ2n) is 10.2. The summed E-state index contributed by atoms with van der Waals surface area (Å²) in [6.07, 6.45) is 3.74. The van der Waals surface area contributed by atoms with Crippen LogP contribution < -0.4 is 9.47 Å². The smallest absolute Gasteiger partial charge is 0.374 e. The molecular formula is C32H29N2O3S+. The van der Waals surface area contributed by atoms with Crippen molar-refractivity contribution in [2.24, 2.45) is 0 Å². The summed E-state index contributed by atoms with van der Waals surface area (Å²) in [5.74, 6) is 0.450. The molecule has 1 aromatic heterocycles. The van der Waals surface area contributed by atoms with Gasteiger partial charge < -0.3 is 14.4 Å². The molecule has 0 bridgehead atoms. The number of Topliss-reactive ketones (excluding diaryl/α,β-unsaturated/α-hetero) is 1. The molecule has 2 aliphatic rings. The molecule has 0 saturated heterocycles. The summed E-state index contributed by atoms with van der Waals surface area (Å²) >= 11 is 4.76. The number of aliphatic hydroxyl groups is 1. The zero-order chi connectivity index (χ0) is 26.4. The maximum atomic E-state index is 13.5. The van der Waals surface area contributed by atoms with E-state index >= 15 is 0 Å².